The van der Waals surface area contributed by atoms with E-state index in [1.165, 1.54) is 11.3 Å². The van der Waals surface area contributed by atoms with Crippen LogP contribution < -0.4 is 10.0 Å². The summed E-state index contributed by atoms with van der Waals surface area (Å²) in [7, 11) is -3.33. The largest absolute Gasteiger partial charge is 0.349 e. The predicted octanol–water partition coefficient (Wildman–Crippen LogP) is 2.24. The van der Waals surface area contributed by atoms with Gasteiger partial charge in [0.25, 0.3) is 0 Å². The third-order valence-electron chi connectivity index (χ3n) is 3.08. The van der Waals surface area contributed by atoms with Crippen LogP contribution >= 0.6 is 11.3 Å². The van der Waals surface area contributed by atoms with Crippen molar-refractivity contribution in [1.29, 1.82) is 0 Å². The summed E-state index contributed by atoms with van der Waals surface area (Å²) in [5.74, 6) is -0.121. The molecule has 0 aliphatic heterocycles. The van der Waals surface area contributed by atoms with Crippen LogP contribution in [-0.4, -0.2) is 25.6 Å². The maximum absolute atomic E-state index is 12.1. The molecule has 2 aromatic rings. The minimum atomic E-state index is -3.33. The molecule has 8 heteroatoms. The third kappa shape index (κ3) is 5.65. The highest BCUT2D eigenvalue weighted by Crippen LogP contribution is 2.18. The van der Waals surface area contributed by atoms with Gasteiger partial charge in [0, 0.05) is 11.1 Å². The highest BCUT2D eigenvalue weighted by atomic mass is 32.2. The fourth-order valence-electron chi connectivity index (χ4n) is 2.12. The van der Waals surface area contributed by atoms with Crippen LogP contribution in [0.1, 0.15) is 29.2 Å². The van der Waals surface area contributed by atoms with Crippen molar-refractivity contribution in [2.45, 2.75) is 26.3 Å². The number of nitrogens with zero attached hydrogens (tertiary/aromatic N) is 1. The number of aromatic nitrogens is 1. The molecule has 1 aromatic heterocycles. The highest BCUT2D eigenvalue weighted by Gasteiger charge is 2.12. The maximum atomic E-state index is 12.1. The summed E-state index contributed by atoms with van der Waals surface area (Å²) >= 11 is 1.51. The summed E-state index contributed by atoms with van der Waals surface area (Å²) < 4.78 is 25.0. The standard InChI is InChI=1S/C15H19N3O3S2/c1-10(16-15(19)8-14-9-22-11(2)17-14)12-5-4-6-13(7-12)18-23(3,20)21/h4-7,9-10,18H,8H2,1-3H3,(H,16,19). The number of hydrogen-bond donors (Lipinski definition) is 2. The monoisotopic (exact) mass is 353 g/mol. The average Bonchev–Trinajstić information content (AvgIpc) is 2.82. The number of amides is 1. The molecule has 6 nitrogen and oxygen atoms in total. The van der Waals surface area contributed by atoms with Gasteiger partial charge in [0.15, 0.2) is 0 Å². The first-order valence-corrected chi connectivity index (χ1v) is 9.78. The zero-order chi connectivity index (χ0) is 17.0. The molecule has 23 heavy (non-hydrogen) atoms. The number of sulfonamides is 1. The Bertz CT molecular complexity index is 800. The third-order valence-corrected chi connectivity index (χ3v) is 4.50. The van der Waals surface area contributed by atoms with Crippen LogP contribution in [0.15, 0.2) is 29.6 Å². The van der Waals surface area contributed by atoms with Gasteiger partial charge in [0.05, 0.1) is 29.4 Å². The molecule has 0 spiro atoms. The molecule has 2 rings (SSSR count). The first-order chi connectivity index (χ1) is 10.7. The lowest BCUT2D eigenvalue weighted by molar-refractivity contribution is -0.121. The smallest absolute Gasteiger partial charge is 0.229 e. The average molecular weight is 353 g/mol. The zero-order valence-corrected chi connectivity index (χ0v) is 14.8. The molecule has 1 heterocycles. The molecular weight excluding hydrogens is 334 g/mol. The molecule has 1 aromatic carbocycles. The number of thiazole rings is 1. The molecule has 0 saturated carbocycles. The first-order valence-electron chi connectivity index (χ1n) is 7.01. The van der Waals surface area contributed by atoms with Gasteiger partial charge in [0.2, 0.25) is 15.9 Å². The Kier molecular flexibility index (Phi) is 5.38. The van der Waals surface area contributed by atoms with Gasteiger partial charge in [-0.05, 0) is 31.5 Å². The zero-order valence-electron chi connectivity index (χ0n) is 13.2. The highest BCUT2D eigenvalue weighted by molar-refractivity contribution is 7.92. The number of hydrogen-bond acceptors (Lipinski definition) is 5. The molecular formula is C15H19N3O3S2. The minimum absolute atomic E-state index is 0.121. The Morgan fingerprint density at radius 2 is 2.13 bits per heavy atom. The van der Waals surface area contributed by atoms with Crippen LogP contribution in [0, 0.1) is 6.92 Å². The van der Waals surface area contributed by atoms with E-state index in [4.69, 9.17) is 0 Å². The number of aryl methyl sites for hydroxylation is 1. The van der Waals surface area contributed by atoms with Gasteiger partial charge >= 0.3 is 0 Å². The van der Waals surface area contributed by atoms with Crippen molar-refractivity contribution >= 4 is 33.0 Å². The van der Waals surface area contributed by atoms with E-state index < -0.39 is 10.0 Å². The lowest BCUT2D eigenvalue weighted by atomic mass is 10.1. The van der Waals surface area contributed by atoms with Gasteiger partial charge in [-0.1, -0.05) is 12.1 Å². The number of anilines is 1. The lowest BCUT2D eigenvalue weighted by Crippen LogP contribution is -2.28. The summed E-state index contributed by atoms with van der Waals surface area (Å²) in [5.41, 5.74) is 2.05. The van der Waals surface area contributed by atoms with Crippen LogP contribution in [0.5, 0.6) is 0 Å². The van der Waals surface area contributed by atoms with E-state index in [0.717, 1.165) is 22.5 Å². The van der Waals surface area contributed by atoms with Crippen molar-refractivity contribution in [3.8, 4) is 0 Å². The molecule has 0 fully saturated rings. The molecule has 0 aliphatic rings. The summed E-state index contributed by atoms with van der Waals surface area (Å²) in [5, 5.41) is 5.69. The molecule has 1 unspecified atom stereocenters. The molecule has 2 N–H and O–H groups in total. The molecule has 0 aliphatic carbocycles. The number of carbonyl (C=O) groups excluding carboxylic acids is 1. The number of nitrogens with one attached hydrogen (secondary N) is 2. The second-order valence-electron chi connectivity index (χ2n) is 5.32. The Hall–Kier alpha value is -1.93. The topological polar surface area (TPSA) is 88.2 Å². The molecule has 1 amide bonds. The van der Waals surface area contributed by atoms with Crippen molar-refractivity contribution in [1.82, 2.24) is 10.3 Å². The van der Waals surface area contributed by atoms with E-state index in [1.807, 2.05) is 25.3 Å². The van der Waals surface area contributed by atoms with Crippen molar-refractivity contribution in [2.24, 2.45) is 0 Å². The molecule has 0 saturated heterocycles. The van der Waals surface area contributed by atoms with Crippen LogP contribution in [0.2, 0.25) is 0 Å². The van der Waals surface area contributed by atoms with Crippen molar-refractivity contribution in [3.05, 3.63) is 45.9 Å². The van der Waals surface area contributed by atoms with E-state index in [9.17, 15) is 13.2 Å². The molecule has 0 radical (unpaired) electrons. The van der Waals surface area contributed by atoms with E-state index in [0.29, 0.717) is 5.69 Å². The Morgan fingerprint density at radius 3 is 2.74 bits per heavy atom. The van der Waals surface area contributed by atoms with E-state index in [2.05, 4.69) is 15.0 Å². The van der Waals surface area contributed by atoms with Crippen LogP contribution in [0.3, 0.4) is 0 Å². The van der Waals surface area contributed by atoms with Crippen molar-refractivity contribution in [3.63, 3.8) is 0 Å². The van der Waals surface area contributed by atoms with Gasteiger partial charge in [-0.2, -0.15) is 0 Å². The van der Waals surface area contributed by atoms with Crippen LogP contribution in [0.25, 0.3) is 0 Å². The normalized spacial score (nSPS) is 12.7. The van der Waals surface area contributed by atoms with Gasteiger partial charge in [0.1, 0.15) is 0 Å². The van der Waals surface area contributed by atoms with E-state index in [1.54, 1.807) is 18.2 Å². The first kappa shape index (κ1) is 17.4. The molecule has 0 bridgehead atoms. The quantitative estimate of drug-likeness (QED) is 0.834. The van der Waals surface area contributed by atoms with E-state index in [-0.39, 0.29) is 18.4 Å². The number of benzene rings is 1. The second kappa shape index (κ2) is 7.10. The minimum Gasteiger partial charge on any atom is -0.349 e. The summed E-state index contributed by atoms with van der Waals surface area (Å²) in [6.45, 7) is 3.75. The summed E-state index contributed by atoms with van der Waals surface area (Å²) in [6.07, 6.45) is 1.33. The van der Waals surface area contributed by atoms with Crippen molar-refractivity contribution < 1.29 is 13.2 Å². The Labute approximate surface area is 140 Å². The van der Waals surface area contributed by atoms with Gasteiger partial charge in [-0.15, -0.1) is 11.3 Å². The Balaban J connectivity index is 2.01. The molecule has 124 valence electrons. The summed E-state index contributed by atoms with van der Waals surface area (Å²) in [4.78, 5) is 16.3. The second-order valence-corrected chi connectivity index (χ2v) is 8.13. The summed E-state index contributed by atoms with van der Waals surface area (Å²) in [6, 6.07) is 6.72. The van der Waals surface area contributed by atoms with E-state index >= 15 is 0 Å². The fourth-order valence-corrected chi connectivity index (χ4v) is 3.28. The Morgan fingerprint density at radius 1 is 1.39 bits per heavy atom. The van der Waals surface area contributed by atoms with Crippen molar-refractivity contribution in [2.75, 3.05) is 11.0 Å². The van der Waals surface area contributed by atoms with Gasteiger partial charge in [-0.25, -0.2) is 13.4 Å². The lowest BCUT2D eigenvalue weighted by Gasteiger charge is -2.15. The number of rotatable bonds is 6. The van der Waals surface area contributed by atoms with Crippen LogP contribution in [-0.2, 0) is 21.2 Å². The van der Waals surface area contributed by atoms with Gasteiger partial charge in [-0.3, -0.25) is 9.52 Å². The number of carbonyl (C=O) groups is 1. The predicted molar refractivity (Wildman–Crippen MR) is 92.0 cm³/mol. The fraction of sp³-hybridized carbons (Fsp3) is 0.333. The SMILES string of the molecule is Cc1nc(CC(=O)NC(C)c2cccc(NS(C)(=O)=O)c2)cs1. The maximum Gasteiger partial charge on any atom is 0.229 e. The van der Waals surface area contributed by atoms with Gasteiger partial charge < -0.3 is 5.32 Å². The van der Waals surface area contributed by atoms with Crippen LogP contribution in [0.4, 0.5) is 5.69 Å². The molecule has 1 atom stereocenters.